The number of benzene rings is 1. The summed E-state index contributed by atoms with van der Waals surface area (Å²) in [5.74, 6) is -0.228. The van der Waals surface area contributed by atoms with Gasteiger partial charge in [0, 0.05) is 10.4 Å². The molecule has 108 valence electrons. The summed E-state index contributed by atoms with van der Waals surface area (Å²) in [7, 11) is 0. The highest BCUT2D eigenvalue weighted by molar-refractivity contribution is 7.15. The number of nitrogen functional groups attached to an aromatic ring is 1. The van der Waals surface area contributed by atoms with Gasteiger partial charge in [-0.1, -0.05) is 23.7 Å². The minimum absolute atomic E-state index is 0.0672. The van der Waals surface area contributed by atoms with E-state index in [0.717, 1.165) is 10.6 Å². The maximum Gasteiger partial charge on any atom is 0.153 e. The highest BCUT2D eigenvalue weighted by Crippen LogP contribution is 2.40. The number of H-pyrrole nitrogens is 1. The molecule has 0 aliphatic heterocycles. The quantitative estimate of drug-likeness (QED) is 0.712. The molecule has 2 heterocycles. The van der Waals surface area contributed by atoms with Crippen molar-refractivity contribution in [1.29, 1.82) is 0 Å². The summed E-state index contributed by atoms with van der Waals surface area (Å²) in [6.45, 7) is 4.08. The minimum atomic E-state index is -0.487. The van der Waals surface area contributed by atoms with Crippen molar-refractivity contribution in [1.82, 2.24) is 10.2 Å². The number of hydrogen-bond acceptors (Lipinski definition) is 3. The third-order valence-electron chi connectivity index (χ3n) is 3.43. The van der Waals surface area contributed by atoms with Crippen molar-refractivity contribution in [2.24, 2.45) is 0 Å². The third kappa shape index (κ3) is 2.32. The predicted molar refractivity (Wildman–Crippen MR) is 86.2 cm³/mol. The number of aromatic amines is 1. The van der Waals surface area contributed by atoms with Crippen LogP contribution in [-0.2, 0) is 0 Å². The summed E-state index contributed by atoms with van der Waals surface area (Å²) < 4.78 is 14.3. The van der Waals surface area contributed by atoms with Crippen molar-refractivity contribution >= 4 is 28.8 Å². The summed E-state index contributed by atoms with van der Waals surface area (Å²) in [6.07, 6.45) is 0. The molecule has 3 nitrogen and oxygen atoms in total. The Bertz CT molecular complexity index is 803. The Morgan fingerprint density at radius 2 is 2.10 bits per heavy atom. The molecule has 0 radical (unpaired) electrons. The Morgan fingerprint density at radius 3 is 2.76 bits per heavy atom. The van der Waals surface area contributed by atoms with Crippen LogP contribution in [0.1, 0.15) is 10.4 Å². The summed E-state index contributed by atoms with van der Waals surface area (Å²) in [6, 6.07) is 6.90. The highest BCUT2D eigenvalue weighted by atomic mass is 35.5. The van der Waals surface area contributed by atoms with Gasteiger partial charge in [0.1, 0.15) is 5.82 Å². The van der Waals surface area contributed by atoms with Crippen molar-refractivity contribution in [3.8, 4) is 21.7 Å². The van der Waals surface area contributed by atoms with Crippen molar-refractivity contribution in [3.05, 3.63) is 45.5 Å². The highest BCUT2D eigenvalue weighted by Gasteiger charge is 2.20. The van der Waals surface area contributed by atoms with E-state index in [-0.39, 0.29) is 10.8 Å². The molecule has 0 fully saturated rings. The summed E-state index contributed by atoms with van der Waals surface area (Å²) >= 11 is 7.48. The molecular weight excluding hydrogens is 309 g/mol. The monoisotopic (exact) mass is 321 g/mol. The molecule has 0 saturated heterocycles. The zero-order chi connectivity index (χ0) is 15.1. The fourth-order valence-electron chi connectivity index (χ4n) is 2.20. The van der Waals surface area contributed by atoms with Crippen LogP contribution in [-0.4, -0.2) is 10.2 Å². The largest absolute Gasteiger partial charge is 0.382 e. The van der Waals surface area contributed by atoms with Crippen LogP contribution in [0.5, 0.6) is 0 Å². The third-order valence-corrected chi connectivity index (χ3v) is 4.89. The van der Waals surface area contributed by atoms with E-state index < -0.39 is 5.82 Å². The first kappa shape index (κ1) is 14.1. The van der Waals surface area contributed by atoms with Gasteiger partial charge in [0.2, 0.25) is 0 Å². The van der Waals surface area contributed by atoms with Crippen molar-refractivity contribution in [2.75, 3.05) is 5.73 Å². The lowest BCUT2D eigenvalue weighted by molar-refractivity contribution is 0.632. The SMILES string of the molecule is Cc1cc(-c2[nH]nc(N)c2-c2cccc(Cl)c2F)sc1C. The lowest BCUT2D eigenvalue weighted by Gasteiger charge is -2.05. The van der Waals surface area contributed by atoms with Gasteiger partial charge in [-0.25, -0.2) is 4.39 Å². The maximum atomic E-state index is 14.3. The van der Waals surface area contributed by atoms with Gasteiger partial charge in [0.15, 0.2) is 5.82 Å². The van der Waals surface area contributed by atoms with Crippen LogP contribution < -0.4 is 5.73 Å². The van der Waals surface area contributed by atoms with E-state index in [4.69, 9.17) is 17.3 Å². The van der Waals surface area contributed by atoms with Gasteiger partial charge in [-0.15, -0.1) is 11.3 Å². The van der Waals surface area contributed by atoms with Gasteiger partial charge in [-0.2, -0.15) is 5.10 Å². The number of nitrogens with one attached hydrogen (secondary N) is 1. The Hall–Kier alpha value is -1.85. The molecule has 0 unspecified atom stereocenters. The Labute approximate surface area is 130 Å². The number of rotatable bonds is 2. The molecule has 0 bridgehead atoms. The van der Waals surface area contributed by atoms with Gasteiger partial charge < -0.3 is 5.73 Å². The molecular formula is C15H13ClFN3S. The average molecular weight is 322 g/mol. The summed E-state index contributed by atoms with van der Waals surface area (Å²) in [4.78, 5) is 2.18. The van der Waals surface area contributed by atoms with Crippen LogP contribution in [0.4, 0.5) is 10.2 Å². The maximum absolute atomic E-state index is 14.3. The van der Waals surface area contributed by atoms with E-state index in [2.05, 4.69) is 10.2 Å². The smallest absolute Gasteiger partial charge is 0.153 e. The molecule has 21 heavy (non-hydrogen) atoms. The molecule has 3 N–H and O–H groups in total. The summed E-state index contributed by atoms with van der Waals surface area (Å²) in [5, 5.41) is 7.00. The molecule has 0 saturated carbocycles. The Morgan fingerprint density at radius 1 is 1.33 bits per heavy atom. The number of nitrogens with two attached hydrogens (primary N) is 1. The number of halogens is 2. The van der Waals surface area contributed by atoms with Crippen molar-refractivity contribution < 1.29 is 4.39 Å². The van der Waals surface area contributed by atoms with Gasteiger partial charge in [-0.05, 0) is 31.5 Å². The van der Waals surface area contributed by atoms with Gasteiger partial charge in [0.25, 0.3) is 0 Å². The van der Waals surface area contributed by atoms with Crippen LogP contribution in [0.15, 0.2) is 24.3 Å². The first-order valence-electron chi connectivity index (χ1n) is 6.34. The molecule has 2 aromatic heterocycles. The van der Waals surface area contributed by atoms with E-state index in [0.29, 0.717) is 11.1 Å². The fraction of sp³-hybridized carbons (Fsp3) is 0.133. The molecule has 1 aromatic carbocycles. The number of aryl methyl sites for hydroxylation is 2. The van der Waals surface area contributed by atoms with Gasteiger partial charge in [-0.3, -0.25) is 5.10 Å². The zero-order valence-corrected chi connectivity index (χ0v) is 13.1. The van der Waals surface area contributed by atoms with E-state index in [1.165, 1.54) is 16.5 Å². The molecule has 3 aromatic rings. The Kier molecular flexibility index (Phi) is 3.47. The predicted octanol–water partition coefficient (Wildman–Crippen LogP) is 4.80. The summed E-state index contributed by atoms with van der Waals surface area (Å²) in [5.41, 5.74) is 8.73. The van der Waals surface area contributed by atoms with Crippen LogP contribution in [0.25, 0.3) is 21.7 Å². The number of thiophene rings is 1. The molecule has 0 aliphatic rings. The second kappa shape index (κ2) is 5.16. The normalized spacial score (nSPS) is 11.0. The molecule has 6 heteroatoms. The molecule has 0 aliphatic carbocycles. The zero-order valence-electron chi connectivity index (χ0n) is 11.5. The number of aromatic nitrogens is 2. The molecule has 0 amide bonds. The molecule has 0 spiro atoms. The van der Waals surface area contributed by atoms with Crippen LogP contribution >= 0.6 is 22.9 Å². The number of hydrogen-bond donors (Lipinski definition) is 2. The van der Waals surface area contributed by atoms with Crippen LogP contribution in [0.3, 0.4) is 0 Å². The standard InChI is InChI=1S/C15H13ClFN3S/c1-7-6-11(21-8(7)2)14-12(15(18)20-19-14)9-4-3-5-10(16)13(9)17/h3-6H,1-2H3,(H3,18,19,20). The van der Waals surface area contributed by atoms with E-state index in [1.807, 2.05) is 19.9 Å². The van der Waals surface area contributed by atoms with Crippen molar-refractivity contribution in [2.45, 2.75) is 13.8 Å². The van der Waals surface area contributed by atoms with E-state index >= 15 is 0 Å². The first-order valence-corrected chi connectivity index (χ1v) is 7.54. The number of anilines is 1. The second-order valence-electron chi connectivity index (χ2n) is 4.81. The average Bonchev–Trinajstić information content (AvgIpc) is 2.97. The van der Waals surface area contributed by atoms with Crippen LogP contribution in [0.2, 0.25) is 5.02 Å². The minimum Gasteiger partial charge on any atom is -0.382 e. The number of nitrogens with zero attached hydrogens (tertiary/aromatic N) is 1. The van der Waals surface area contributed by atoms with Gasteiger partial charge >= 0.3 is 0 Å². The lowest BCUT2D eigenvalue weighted by Crippen LogP contribution is -1.91. The van der Waals surface area contributed by atoms with E-state index in [9.17, 15) is 4.39 Å². The van der Waals surface area contributed by atoms with Gasteiger partial charge in [0.05, 0.1) is 21.2 Å². The molecule has 0 atom stereocenters. The Balaban J connectivity index is 2.24. The van der Waals surface area contributed by atoms with Crippen molar-refractivity contribution in [3.63, 3.8) is 0 Å². The molecule has 3 rings (SSSR count). The topological polar surface area (TPSA) is 54.7 Å². The van der Waals surface area contributed by atoms with E-state index in [1.54, 1.807) is 23.5 Å². The second-order valence-corrected chi connectivity index (χ2v) is 6.47. The first-order chi connectivity index (χ1) is 9.99. The lowest BCUT2D eigenvalue weighted by atomic mass is 10.0. The van der Waals surface area contributed by atoms with Crippen LogP contribution in [0, 0.1) is 19.7 Å². The fourth-order valence-corrected chi connectivity index (χ4v) is 3.41.